The molecule has 2 aromatic rings. The van der Waals surface area contributed by atoms with Crippen molar-refractivity contribution in [1.29, 1.82) is 0 Å². The minimum absolute atomic E-state index is 0. The number of rotatable bonds is 3. The molecule has 2 heterocycles. The second-order valence-corrected chi connectivity index (χ2v) is 4.36. The topological polar surface area (TPSA) is 47.7 Å². The van der Waals surface area contributed by atoms with E-state index in [1.165, 1.54) is 13.2 Å². The van der Waals surface area contributed by atoms with Crippen LogP contribution >= 0.6 is 12.4 Å². The molecule has 5 nitrogen and oxygen atoms in total. The van der Waals surface area contributed by atoms with Gasteiger partial charge in [-0.05, 0) is 6.92 Å². The SMILES string of the molecule is Cc1cn(C)nc1NCc1cn(C)nc1C(F)(F)F.Cl. The summed E-state index contributed by atoms with van der Waals surface area (Å²) >= 11 is 0. The highest BCUT2D eigenvalue weighted by atomic mass is 35.5. The van der Waals surface area contributed by atoms with Gasteiger partial charge in [0.05, 0.1) is 0 Å². The molecular formula is C11H15ClF3N5. The number of alkyl halides is 3. The Kier molecular flexibility index (Phi) is 4.69. The molecule has 0 aliphatic rings. The zero-order valence-corrected chi connectivity index (χ0v) is 12.0. The Hall–Kier alpha value is -1.70. The van der Waals surface area contributed by atoms with Crippen LogP contribution in [0.1, 0.15) is 16.8 Å². The van der Waals surface area contributed by atoms with E-state index >= 15 is 0 Å². The normalized spacial score (nSPS) is 11.3. The van der Waals surface area contributed by atoms with Gasteiger partial charge >= 0.3 is 6.18 Å². The van der Waals surface area contributed by atoms with E-state index in [-0.39, 0.29) is 24.5 Å². The van der Waals surface area contributed by atoms with Gasteiger partial charge in [0, 0.05) is 44.2 Å². The molecule has 0 fully saturated rings. The highest BCUT2D eigenvalue weighted by Crippen LogP contribution is 2.30. The Morgan fingerprint density at radius 3 is 2.25 bits per heavy atom. The number of nitrogens with zero attached hydrogens (tertiary/aromatic N) is 4. The van der Waals surface area contributed by atoms with Crippen LogP contribution in [0, 0.1) is 6.92 Å². The third kappa shape index (κ3) is 3.44. The minimum atomic E-state index is -4.45. The Morgan fingerprint density at radius 2 is 1.75 bits per heavy atom. The van der Waals surface area contributed by atoms with Crippen molar-refractivity contribution in [3.63, 3.8) is 0 Å². The summed E-state index contributed by atoms with van der Waals surface area (Å²) in [5, 5.41) is 10.5. The van der Waals surface area contributed by atoms with Crippen LogP contribution in [0.2, 0.25) is 0 Å². The first kappa shape index (κ1) is 16.4. The molecular weight excluding hydrogens is 295 g/mol. The standard InChI is InChI=1S/C11H14F3N5.ClH/c1-7-5-18(2)17-10(7)15-4-8-6-19(3)16-9(8)11(12,13)14;/h5-6H,4H2,1-3H3,(H,15,17);1H. The average Bonchev–Trinajstić information content (AvgIpc) is 2.78. The zero-order chi connectivity index (χ0) is 14.2. The van der Waals surface area contributed by atoms with Gasteiger partial charge in [0.25, 0.3) is 0 Å². The average molecular weight is 310 g/mol. The highest BCUT2D eigenvalue weighted by molar-refractivity contribution is 5.85. The smallest absolute Gasteiger partial charge is 0.364 e. The third-order valence-corrected chi connectivity index (χ3v) is 2.63. The second kappa shape index (κ2) is 5.74. The largest absolute Gasteiger partial charge is 0.435 e. The first-order valence-corrected chi connectivity index (χ1v) is 5.61. The molecule has 1 N–H and O–H groups in total. The predicted molar refractivity (Wildman–Crippen MR) is 70.7 cm³/mol. The van der Waals surface area contributed by atoms with E-state index in [2.05, 4.69) is 15.5 Å². The van der Waals surface area contributed by atoms with E-state index in [1.807, 2.05) is 6.92 Å². The lowest BCUT2D eigenvalue weighted by atomic mass is 10.2. The summed E-state index contributed by atoms with van der Waals surface area (Å²) < 4.78 is 41.0. The fraction of sp³-hybridized carbons (Fsp3) is 0.455. The van der Waals surface area contributed by atoms with E-state index in [0.29, 0.717) is 5.82 Å². The minimum Gasteiger partial charge on any atom is -0.364 e. The number of aromatic nitrogens is 4. The summed E-state index contributed by atoms with van der Waals surface area (Å²) in [4.78, 5) is 0. The molecule has 0 aliphatic carbocycles. The van der Waals surface area contributed by atoms with Gasteiger partial charge in [-0.3, -0.25) is 9.36 Å². The molecule has 0 unspecified atom stereocenters. The van der Waals surface area contributed by atoms with Crippen LogP contribution in [0.5, 0.6) is 0 Å². The molecule has 0 aromatic carbocycles. The monoisotopic (exact) mass is 309 g/mol. The Labute approximate surface area is 120 Å². The van der Waals surface area contributed by atoms with Crippen molar-refractivity contribution >= 4 is 18.2 Å². The number of halogens is 4. The van der Waals surface area contributed by atoms with Crippen molar-refractivity contribution in [3.05, 3.63) is 29.2 Å². The summed E-state index contributed by atoms with van der Waals surface area (Å²) in [6, 6.07) is 0. The quantitative estimate of drug-likeness (QED) is 0.947. The fourth-order valence-electron chi connectivity index (χ4n) is 1.87. The van der Waals surface area contributed by atoms with Gasteiger partial charge in [0.1, 0.15) is 0 Å². The maximum absolute atomic E-state index is 12.7. The number of hydrogen-bond acceptors (Lipinski definition) is 3. The summed E-state index contributed by atoms with van der Waals surface area (Å²) in [5.74, 6) is 0.569. The molecule has 0 spiro atoms. The van der Waals surface area contributed by atoms with Crippen molar-refractivity contribution in [2.24, 2.45) is 14.1 Å². The highest BCUT2D eigenvalue weighted by Gasteiger charge is 2.36. The molecule has 0 saturated heterocycles. The Balaban J connectivity index is 0.00000200. The van der Waals surface area contributed by atoms with Gasteiger partial charge in [-0.2, -0.15) is 23.4 Å². The molecule has 2 aromatic heterocycles. The van der Waals surface area contributed by atoms with Crippen molar-refractivity contribution in [3.8, 4) is 0 Å². The lowest BCUT2D eigenvalue weighted by Gasteiger charge is -2.07. The summed E-state index contributed by atoms with van der Waals surface area (Å²) in [5.41, 5.74) is 0.107. The molecule has 0 bridgehead atoms. The van der Waals surface area contributed by atoms with Crippen LogP contribution < -0.4 is 5.32 Å². The van der Waals surface area contributed by atoms with Crippen LogP contribution in [0.4, 0.5) is 19.0 Å². The molecule has 0 radical (unpaired) electrons. The summed E-state index contributed by atoms with van der Waals surface area (Å²) in [6.45, 7) is 1.86. The number of aryl methyl sites for hydroxylation is 3. The molecule has 2 rings (SSSR count). The van der Waals surface area contributed by atoms with Crippen LogP contribution in [-0.4, -0.2) is 19.6 Å². The number of anilines is 1. The van der Waals surface area contributed by atoms with Gasteiger partial charge in [0.2, 0.25) is 0 Å². The van der Waals surface area contributed by atoms with E-state index in [0.717, 1.165) is 10.2 Å². The van der Waals surface area contributed by atoms with Crippen LogP contribution in [-0.2, 0) is 26.8 Å². The summed E-state index contributed by atoms with van der Waals surface area (Å²) in [7, 11) is 3.22. The van der Waals surface area contributed by atoms with E-state index < -0.39 is 11.9 Å². The molecule has 0 saturated carbocycles. The summed E-state index contributed by atoms with van der Waals surface area (Å²) in [6.07, 6.45) is -1.30. The molecule has 0 amide bonds. The molecule has 112 valence electrons. The van der Waals surface area contributed by atoms with Gasteiger partial charge in [0.15, 0.2) is 11.5 Å². The number of nitrogens with one attached hydrogen (secondary N) is 1. The van der Waals surface area contributed by atoms with Gasteiger partial charge < -0.3 is 5.32 Å². The van der Waals surface area contributed by atoms with Crippen LogP contribution in [0.25, 0.3) is 0 Å². The molecule has 20 heavy (non-hydrogen) atoms. The Bertz CT molecular complexity index is 587. The van der Waals surface area contributed by atoms with Gasteiger partial charge in [-0.25, -0.2) is 0 Å². The van der Waals surface area contributed by atoms with Crippen molar-refractivity contribution in [1.82, 2.24) is 19.6 Å². The fourth-order valence-corrected chi connectivity index (χ4v) is 1.87. The van der Waals surface area contributed by atoms with E-state index in [4.69, 9.17) is 0 Å². The maximum atomic E-state index is 12.7. The van der Waals surface area contributed by atoms with Crippen LogP contribution in [0.15, 0.2) is 12.4 Å². The first-order valence-electron chi connectivity index (χ1n) is 5.61. The third-order valence-electron chi connectivity index (χ3n) is 2.63. The lowest BCUT2D eigenvalue weighted by Crippen LogP contribution is -2.12. The Morgan fingerprint density at radius 1 is 1.15 bits per heavy atom. The second-order valence-electron chi connectivity index (χ2n) is 4.36. The number of hydrogen-bond donors (Lipinski definition) is 1. The van der Waals surface area contributed by atoms with Crippen LogP contribution in [0.3, 0.4) is 0 Å². The molecule has 0 atom stereocenters. The maximum Gasteiger partial charge on any atom is 0.435 e. The molecule has 9 heteroatoms. The zero-order valence-electron chi connectivity index (χ0n) is 11.2. The van der Waals surface area contributed by atoms with E-state index in [9.17, 15) is 13.2 Å². The van der Waals surface area contributed by atoms with Gasteiger partial charge in [-0.1, -0.05) is 0 Å². The van der Waals surface area contributed by atoms with Crippen molar-refractivity contribution in [2.75, 3.05) is 5.32 Å². The first-order chi connectivity index (χ1) is 8.77. The lowest BCUT2D eigenvalue weighted by molar-refractivity contribution is -0.142. The van der Waals surface area contributed by atoms with E-state index in [1.54, 1.807) is 17.9 Å². The van der Waals surface area contributed by atoms with Gasteiger partial charge in [-0.15, -0.1) is 12.4 Å². The predicted octanol–water partition coefficient (Wildman–Crippen LogP) is 2.51. The van der Waals surface area contributed by atoms with Crippen molar-refractivity contribution < 1.29 is 13.2 Å². The molecule has 0 aliphatic heterocycles. The van der Waals surface area contributed by atoms with Crippen molar-refractivity contribution in [2.45, 2.75) is 19.6 Å².